The number of aromatic nitrogens is 2. The molecule has 0 bridgehead atoms. The largest absolute Gasteiger partial charge is 0.497 e. The third-order valence-corrected chi connectivity index (χ3v) is 2.60. The Kier molecular flexibility index (Phi) is 2.51. The van der Waals surface area contributed by atoms with Crippen molar-refractivity contribution < 1.29 is 9.13 Å². The van der Waals surface area contributed by atoms with Crippen LogP contribution < -0.4 is 10.5 Å². The number of methoxy groups -OCH3 is 1. The molecule has 0 fully saturated rings. The first kappa shape index (κ1) is 9.85. The minimum atomic E-state index is -0.377. The summed E-state index contributed by atoms with van der Waals surface area (Å²) in [7, 11) is 1.48. The van der Waals surface area contributed by atoms with Crippen molar-refractivity contribution >= 4 is 16.5 Å². The van der Waals surface area contributed by atoms with Crippen molar-refractivity contribution in [3.8, 4) is 16.3 Å². The van der Waals surface area contributed by atoms with E-state index >= 15 is 0 Å². The molecule has 4 nitrogen and oxygen atoms in total. The van der Waals surface area contributed by atoms with Gasteiger partial charge in [0.05, 0.1) is 7.11 Å². The smallest absolute Gasteiger partial charge is 0.203 e. The van der Waals surface area contributed by atoms with Gasteiger partial charge in [-0.2, -0.15) is 0 Å². The van der Waals surface area contributed by atoms with Gasteiger partial charge in [0.15, 0.2) is 0 Å². The predicted molar refractivity (Wildman–Crippen MR) is 56.3 cm³/mol. The fourth-order valence-electron chi connectivity index (χ4n) is 1.16. The molecule has 0 aliphatic rings. The highest BCUT2D eigenvalue weighted by molar-refractivity contribution is 7.18. The van der Waals surface area contributed by atoms with E-state index in [0.717, 1.165) is 0 Å². The average Bonchev–Trinajstić information content (AvgIpc) is 2.64. The van der Waals surface area contributed by atoms with E-state index in [4.69, 9.17) is 10.5 Å². The first-order valence-corrected chi connectivity index (χ1v) is 4.94. The summed E-state index contributed by atoms with van der Waals surface area (Å²) in [5, 5.41) is 8.41. The van der Waals surface area contributed by atoms with Crippen LogP contribution in [0.4, 0.5) is 9.52 Å². The minimum absolute atomic E-state index is 0.355. The number of halogens is 1. The van der Waals surface area contributed by atoms with Crippen molar-refractivity contribution in [2.45, 2.75) is 0 Å². The van der Waals surface area contributed by atoms with Crippen LogP contribution in [-0.4, -0.2) is 17.3 Å². The molecule has 15 heavy (non-hydrogen) atoms. The Morgan fingerprint density at radius 2 is 2.13 bits per heavy atom. The van der Waals surface area contributed by atoms with Crippen LogP contribution >= 0.6 is 11.3 Å². The Morgan fingerprint density at radius 1 is 1.33 bits per heavy atom. The van der Waals surface area contributed by atoms with Crippen molar-refractivity contribution in [2.24, 2.45) is 0 Å². The first-order chi connectivity index (χ1) is 7.19. The molecule has 6 heteroatoms. The summed E-state index contributed by atoms with van der Waals surface area (Å²) >= 11 is 1.20. The number of ether oxygens (including phenoxy) is 1. The van der Waals surface area contributed by atoms with Gasteiger partial charge in [0, 0.05) is 11.6 Å². The zero-order valence-corrected chi connectivity index (χ0v) is 8.71. The van der Waals surface area contributed by atoms with Gasteiger partial charge in [-0.25, -0.2) is 4.39 Å². The third kappa shape index (κ3) is 2.04. The van der Waals surface area contributed by atoms with E-state index in [0.29, 0.717) is 21.5 Å². The number of benzene rings is 1. The second-order valence-corrected chi connectivity index (χ2v) is 3.83. The van der Waals surface area contributed by atoms with Crippen LogP contribution in [-0.2, 0) is 0 Å². The second-order valence-electron chi connectivity index (χ2n) is 2.83. The highest BCUT2D eigenvalue weighted by atomic mass is 32.1. The zero-order valence-electron chi connectivity index (χ0n) is 7.90. The molecule has 0 aliphatic heterocycles. The maximum Gasteiger partial charge on any atom is 0.203 e. The number of anilines is 1. The van der Waals surface area contributed by atoms with Crippen LogP contribution in [0.1, 0.15) is 0 Å². The van der Waals surface area contributed by atoms with Crippen molar-refractivity contribution in [1.29, 1.82) is 0 Å². The highest BCUT2D eigenvalue weighted by Gasteiger charge is 2.07. The molecular formula is C9H8FN3OS. The van der Waals surface area contributed by atoms with Crippen molar-refractivity contribution in [3.63, 3.8) is 0 Å². The van der Waals surface area contributed by atoms with E-state index < -0.39 is 0 Å². The van der Waals surface area contributed by atoms with Crippen molar-refractivity contribution in [3.05, 3.63) is 24.0 Å². The molecule has 0 amide bonds. The Labute approximate surface area is 89.5 Å². The first-order valence-electron chi connectivity index (χ1n) is 4.13. The molecule has 1 heterocycles. The summed E-state index contributed by atoms with van der Waals surface area (Å²) in [5.41, 5.74) is 6.06. The lowest BCUT2D eigenvalue weighted by Crippen LogP contribution is -1.86. The number of rotatable bonds is 2. The summed E-state index contributed by atoms with van der Waals surface area (Å²) in [6.07, 6.45) is 0. The van der Waals surface area contributed by atoms with E-state index in [9.17, 15) is 4.39 Å². The summed E-state index contributed by atoms with van der Waals surface area (Å²) < 4.78 is 18.1. The molecule has 0 radical (unpaired) electrons. The monoisotopic (exact) mass is 225 g/mol. The number of nitrogens with zero attached hydrogens (tertiary/aromatic N) is 2. The Bertz CT molecular complexity index is 486. The molecule has 2 aromatic rings. The zero-order chi connectivity index (χ0) is 10.8. The molecule has 1 aromatic heterocycles. The Balaban J connectivity index is 2.48. The third-order valence-electron chi connectivity index (χ3n) is 1.79. The molecule has 2 N–H and O–H groups in total. The maximum absolute atomic E-state index is 13.2. The summed E-state index contributed by atoms with van der Waals surface area (Å²) in [6.45, 7) is 0. The van der Waals surface area contributed by atoms with E-state index in [-0.39, 0.29) is 5.82 Å². The molecule has 0 saturated heterocycles. The number of nitrogens with two attached hydrogens (primary N) is 1. The van der Waals surface area contributed by atoms with Gasteiger partial charge in [0.2, 0.25) is 5.13 Å². The lowest BCUT2D eigenvalue weighted by molar-refractivity contribution is 0.411. The van der Waals surface area contributed by atoms with Crippen LogP contribution in [0.5, 0.6) is 5.75 Å². The molecule has 2 rings (SSSR count). The van der Waals surface area contributed by atoms with E-state index in [1.54, 1.807) is 6.07 Å². The van der Waals surface area contributed by atoms with Crippen molar-refractivity contribution in [2.75, 3.05) is 12.8 Å². The Morgan fingerprint density at radius 3 is 2.73 bits per heavy atom. The standard InChI is InChI=1S/C9H8FN3OS/c1-14-7-3-5(2-6(10)4-7)8-12-13-9(11)15-8/h2-4H,1H3,(H2,11,13). The summed E-state index contributed by atoms with van der Waals surface area (Å²) in [4.78, 5) is 0. The van der Waals surface area contributed by atoms with E-state index in [1.165, 1.54) is 30.6 Å². The Hall–Kier alpha value is -1.69. The van der Waals surface area contributed by atoms with Gasteiger partial charge in [-0.1, -0.05) is 11.3 Å². The van der Waals surface area contributed by atoms with E-state index in [2.05, 4.69) is 10.2 Å². The predicted octanol–water partition coefficient (Wildman–Crippen LogP) is 1.93. The van der Waals surface area contributed by atoms with Crippen LogP contribution in [0, 0.1) is 5.82 Å². The molecule has 0 atom stereocenters. The molecular weight excluding hydrogens is 217 g/mol. The molecule has 0 spiro atoms. The normalized spacial score (nSPS) is 10.3. The molecule has 0 aliphatic carbocycles. The minimum Gasteiger partial charge on any atom is -0.497 e. The number of nitrogen functional groups attached to an aromatic ring is 1. The van der Waals surface area contributed by atoms with E-state index in [1.807, 2.05) is 0 Å². The van der Waals surface area contributed by atoms with Gasteiger partial charge in [-0.3, -0.25) is 0 Å². The second kappa shape index (κ2) is 3.82. The van der Waals surface area contributed by atoms with Crippen LogP contribution in [0.15, 0.2) is 18.2 Å². The number of hydrogen-bond donors (Lipinski definition) is 1. The number of hydrogen-bond acceptors (Lipinski definition) is 5. The fraction of sp³-hybridized carbons (Fsp3) is 0.111. The topological polar surface area (TPSA) is 61.0 Å². The van der Waals surface area contributed by atoms with Crippen molar-refractivity contribution in [1.82, 2.24) is 10.2 Å². The van der Waals surface area contributed by atoms with Gasteiger partial charge >= 0.3 is 0 Å². The quantitative estimate of drug-likeness (QED) is 0.848. The maximum atomic E-state index is 13.2. The molecule has 0 unspecified atom stereocenters. The van der Waals surface area contributed by atoms with Gasteiger partial charge in [-0.15, -0.1) is 10.2 Å². The molecule has 0 saturated carbocycles. The van der Waals surface area contributed by atoms with Crippen LogP contribution in [0.3, 0.4) is 0 Å². The summed E-state index contributed by atoms with van der Waals surface area (Å²) in [5.74, 6) is 0.0666. The van der Waals surface area contributed by atoms with Gasteiger partial charge < -0.3 is 10.5 Å². The lowest BCUT2D eigenvalue weighted by atomic mass is 10.2. The highest BCUT2D eigenvalue weighted by Crippen LogP contribution is 2.28. The lowest BCUT2D eigenvalue weighted by Gasteiger charge is -2.01. The van der Waals surface area contributed by atoms with Gasteiger partial charge in [0.25, 0.3) is 0 Å². The van der Waals surface area contributed by atoms with Crippen LogP contribution in [0.2, 0.25) is 0 Å². The fourth-order valence-corrected chi connectivity index (χ4v) is 1.75. The van der Waals surface area contributed by atoms with Crippen LogP contribution in [0.25, 0.3) is 10.6 Å². The molecule has 78 valence electrons. The average molecular weight is 225 g/mol. The summed E-state index contributed by atoms with van der Waals surface area (Å²) in [6, 6.07) is 4.35. The van der Waals surface area contributed by atoms with Gasteiger partial charge in [0.1, 0.15) is 16.6 Å². The SMILES string of the molecule is COc1cc(F)cc(-c2nnc(N)s2)c1. The van der Waals surface area contributed by atoms with Gasteiger partial charge in [-0.05, 0) is 12.1 Å². The molecule has 1 aromatic carbocycles.